The Hall–Kier alpha value is -3.70. The molecule has 1 atom stereocenters. The van der Waals surface area contributed by atoms with Gasteiger partial charge >= 0.3 is 5.97 Å². The highest BCUT2D eigenvalue weighted by molar-refractivity contribution is 6.31. The Kier molecular flexibility index (Phi) is 8.27. The molecule has 1 unspecified atom stereocenters. The van der Waals surface area contributed by atoms with Crippen LogP contribution in [0.25, 0.3) is 10.9 Å². The van der Waals surface area contributed by atoms with Gasteiger partial charge in [-0.2, -0.15) is 0 Å². The quantitative estimate of drug-likeness (QED) is 0.310. The van der Waals surface area contributed by atoms with Gasteiger partial charge in [-0.1, -0.05) is 11.6 Å². The molecule has 12 heteroatoms. The Morgan fingerprint density at radius 2 is 2.00 bits per heavy atom. The summed E-state index contributed by atoms with van der Waals surface area (Å²) in [7, 11) is 1.57. The monoisotopic (exact) mass is 557 g/mol. The van der Waals surface area contributed by atoms with Gasteiger partial charge in [0.2, 0.25) is 0 Å². The second-order valence-electron chi connectivity index (χ2n) is 9.38. The van der Waals surface area contributed by atoms with Gasteiger partial charge in [-0.05, 0) is 30.7 Å². The third kappa shape index (κ3) is 6.31. The molecule has 2 fully saturated rings. The van der Waals surface area contributed by atoms with E-state index in [9.17, 15) is 14.0 Å². The molecule has 206 valence electrons. The molecule has 5 rings (SSSR count). The number of amides is 1. The van der Waals surface area contributed by atoms with E-state index in [-0.39, 0.29) is 16.9 Å². The second-order valence-corrected chi connectivity index (χ2v) is 9.79. The summed E-state index contributed by atoms with van der Waals surface area (Å²) in [6.45, 7) is 4.01. The van der Waals surface area contributed by atoms with Crippen LogP contribution in [0, 0.1) is 5.82 Å². The molecule has 0 aliphatic carbocycles. The van der Waals surface area contributed by atoms with Crippen LogP contribution in [0.4, 0.5) is 15.9 Å². The van der Waals surface area contributed by atoms with Crippen LogP contribution < -0.4 is 14.8 Å². The SMILES string of the molecule is COc1cc2ncnc(Nc3ccc(F)c(Cl)c3)c2cc1OCCCN1CCN(C(=O)C2CCC(=O)O2)CC1. The first kappa shape index (κ1) is 26.9. The lowest BCUT2D eigenvalue weighted by atomic mass is 10.2. The highest BCUT2D eigenvalue weighted by Gasteiger charge is 2.34. The molecule has 0 bridgehead atoms. The minimum atomic E-state index is -0.621. The van der Waals surface area contributed by atoms with Crippen LogP contribution >= 0.6 is 11.6 Å². The van der Waals surface area contributed by atoms with Crippen molar-refractivity contribution in [2.45, 2.75) is 25.4 Å². The van der Waals surface area contributed by atoms with E-state index >= 15 is 0 Å². The minimum Gasteiger partial charge on any atom is -0.493 e. The molecule has 10 nitrogen and oxygen atoms in total. The summed E-state index contributed by atoms with van der Waals surface area (Å²) in [6, 6.07) is 7.96. The maximum Gasteiger partial charge on any atom is 0.306 e. The van der Waals surface area contributed by atoms with Crippen molar-refractivity contribution in [3.8, 4) is 11.5 Å². The van der Waals surface area contributed by atoms with E-state index in [1.54, 1.807) is 24.1 Å². The summed E-state index contributed by atoms with van der Waals surface area (Å²) >= 11 is 5.92. The predicted octanol–water partition coefficient (Wildman–Crippen LogP) is 3.79. The van der Waals surface area contributed by atoms with E-state index in [2.05, 4.69) is 20.2 Å². The van der Waals surface area contributed by atoms with Crippen molar-refractivity contribution in [3.63, 3.8) is 0 Å². The number of piperazine rings is 1. The standard InChI is InChI=1S/C27H29ClFN5O5/c1-37-23-15-21-18(26(31-16-30-21)32-17-3-4-20(29)19(28)13-17)14-24(23)38-12-2-7-33-8-10-34(11-9-33)27(36)22-5-6-25(35)39-22/h3-4,13-16,22H,2,5-12H2,1H3,(H,30,31,32). The molecule has 0 radical (unpaired) electrons. The maximum atomic E-state index is 13.6. The van der Waals surface area contributed by atoms with Gasteiger partial charge < -0.3 is 24.4 Å². The normalized spacial score (nSPS) is 17.8. The van der Waals surface area contributed by atoms with Crippen molar-refractivity contribution in [1.82, 2.24) is 19.8 Å². The summed E-state index contributed by atoms with van der Waals surface area (Å²) in [5.74, 6) is 0.746. The van der Waals surface area contributed by atoms with Crippen molar-refractivity contribution in [2.75, 3.05) is 51.8 Å². The number of carbonyl (C=O) groups is 2. The average molecular weight is 558 g/mol. The number of hydrogen-bond acceptors (Lipinski definition) is 9. The number of nitrogens with one attached hydrogen (secondary N) is 1. The van der Waals surface area contributed by atoms with Crippen molar-refractivity contribution >= 4 is 45.9 Å². The molecule has 3 aromatic rings. The van der Waals surface area contributed by atoms with Gasteiger partial charge in [0.1, 0.15) is 18.0 Å². The number of carbonyl (C=O) groups excluding carboxylic acids is 2. The summed E-state index contributed by atoms with van der Waals surface area (Å²) in [4.78, 5) is 36.6. The van der Waals surface area contributed by atoms with Crippen molar-refractivity contribution in [3.05, 3.63) is 47.5 Å². The summed E-state index contributed by atoms with van der Waals surface area (Å²) in [6.07, 6.45) is 2.37. The van der Waals surface area contributed by atoms with Crippen molar-refractivity contribution in [2.24, 2.45) is 0 Å². The van der Waals surface area contributed by atoms with Crippen LogP contribution in [-0.4, -0.2) is 84.2 Å². The van der Waals surface area contributed by atoms with E-state index in [0.717, 1.165) is 26.1 Å². The number of hydrogen-bond donors (Lipinski definition) is 1. The molecular formula is C27H29ClFN5O5. The number of esters is 1. The molecule has 1 aromatic heterocycles. The zero-order valence-electron chi connectivity index (χ0n) is 21.5. The number of halogens is 2. The molecule has 3 heterocycles. The Labute approximate surface area is 230 Å². The van der Waals surface area contributed by atoms with E-state index < -0.39 is 11.9 Å². The van der Waals surface area contributed by atoms with Crippen LogP contribution in [0.3, 0.4) is 0 Å². The van der Waals surface area contributed by atoms with Gasteiger partial charge in [-0.3, -0.25) is 14.5 Å². The zero-order chi connectivity index (χ0) is 27.4. The fourth-order valence-electron chi connectivity index (χ4n) is 4.71. The number of fused-ring (bicyclic) bond motifs is 1. The molecule has 0 saturated carbocycles. The average Bonchev–Trinajstić information content (AvgIpc) is 3.39. The second kappa shape index (κ2) is 12.0. The topological polar surface area (TPSA) is 106 Å². The lowest BCUT2D eigenvalue weighted by Gasteiger charge is -2.35. The fourth-order valence-corrected chi connectivity index (χ4v) is 4.89. The number of anilines is 2. The Morgan fingerprint density at radius 1 is 1.18 bits per heavy atom. The number of aromatic nitrogens is 2. The molecule has 1 N–H and O–H groups in total. The molecule has 1 amide bonds. The first-order valence-electron chi connectivity index (χ1n) is 12.8. The van der Waals surface area contributed by atoms with Crippen LogP contribution in [0.2, 0.25) is 5.02 Å². The van der Waals surface area contributed by atoms with E-state index in [1.165, 1.54) is 18.5 Å². The number of cyclic esters (lactones) is 1. The number of methoxy groups -OCH3 is 1. The smallest absolute Gasteiger partial charge is 0.306 e. The molecule has 2 saturated heterocycles. The number of ether oxygens (including phenoxy) is 3. The first-order chi connectivity index (χ1) is 18.9. The van der Waals surface area contributed by atoms with E-state index in [0.29, 0.717) is 66.4 Å². The van der Waals surface area contributed by atoms with Gasteiger partial charge in [0.15, 0.2) is 17.6 Å². The zero-order valence-corrected chi connectivity index (χ0v) is 22.2. The van der Waals surface area contributed by atoms with Crippen LogP contribution in [0.5, 0.6) is 11.5 Å². The fraction of sp³-hybridized carbons (Fsp3) is 0.407. The molecule has 2 aromatic carbocycles. The van der Waals surface area contributed by atoms with Gasteiger partial charge in [0, 0.05) is 62.7 Å². The van der Waals surface area contributed by atoms with E-state index in [1.807, 2.05) is 6.07 Å². The molecular weight excluding hydrogens is 529 g/mol. The van der Waals surface area contributed by atoms with E-state index in [4.69, 9.17) is 25.8 Å². The van der Waals surface area contributed by atoms with Crippen LogP contribution in [0.1, 0.15) is 19.3 Å². The molecule has 2 aliphatic rings. The number of rotatable bonds is 9. The summed E-state index contributed by atoms with van der Waals surface area (Å²) < 4.78 is 30.3. The van der Waals surface area contributed by atoms with Gasteiger partial charge in [0.25, 0.3) is 5.91 Å². The lowest BCUT2D eigenvalue weighted by Crippen LogP contribution is -2.51. The Bertz CT molecular complexity index is 1370. The highest BCUT2D eigenvalue weighted by atomic mass is 35.5. The van der Waals surface area contributed by atoms with Crippen LogP contribution in [0.15, 0.2) is 36.7 Å². The summed E-state index contributed by atoms with van der Waals surface area (Å²) in [5, 5.41) is 3.88. The number of benzene rings is 2. The minimum absolute atomic E-state index is 0.0105. The van der Waals surface area contributed by atoms with Gasteiger partial charge in [0.05, 0.1) is 24.3 Å². The molecule has 0 spiro atoms. The maximum absolute atomic E-state index is 13.6. The third-order valence-corrected chi connectivity index (χ3v) is 7.11. The van der Waals surface area contributed by atoms with Gasteiger partial charge in [-0.15, -0.1) is 0 Å². The van der Waals surface area contributed by atoms with Crippen molar-refractivity contribution in [1.29, 1.82) is 0 Å². The molecule has 2 aliphatic heterocycles. The van der Waals surface area contributed by atoms with Crippen molar-refractivity contribution < 1.29 is 28.2 Å². The van der Waals surface area contributed by atoms with Gasteiger partial charge in [-0.25, -0.2) is 14.4 Å². The first-order valence-corrected chi connectivity index (χ1v) is 13.2. The number of nitrogens with zero attached hydrogens (tertiary/aromatic N) is 4. The lowest BCUT2D eigenvalue weighted by molar-refractivity contribution is -0.153. The Morgan fingerprint density at radius 3 is 2.72 bits per heavy atom. The predicted molar refractivity (Wildman–Crippen MR) is 143 cm³/mol. The van der Waals surface area contributed by atoms with Crippen LogP contribution in [-0.2, 0) is 14.3 Å². The molecule has 39 heavy (non-hydrogen) atoms. The largest absolute Gasteiger partial charge is 0.493 e. The highest BCUT2D eigenvalue weighted by Crippen LogP contribution is 2.35. The Balaban J connectivity index is 1.16. The summed E-state index contributed by atoms with van der Waals surface area (Å²) in [5.41, 5.74) is 1.25. The third-order valence-electron chi connectivity index (χ3n) is 6.82.